The van der Waals surface area contributed by atoms with E-state index in [0.717, 1.165) is 16.7 Å². The van der Waals surface area contributed by atoms with E-state index in [9.17, 15) is 4.79 Å². The maximum atomic E-state index is 12.1. The quantitative estimate of drug-likeness (QED) is 0.514. The lowest BCUT2D eigenvalue weighted by Crippen LogP contribution is -2.23. The van der Waals surface area contributed by atoms with Crippen molar-refractivity contribution >= 4 is 5.91 Å². The number of hydrogen-bond donors (Lipinski definition) is 1. The molecule has 22 heavy (non-hydrogen) atoms. The smallest absolute Gasteiger partial charge is 0.287 e. The number of benzene rings is 1. The molecule has 0 unspecified atom stereocenters. The van der Waals surface area contributed by atoms with E-state index in [2.05, 4.69) is 34.4 Å². The van der Waals surface area contributed by atoms with E-state index in [0.29, 0.717) is 12.3 Å². The molecule has 0 atom stereocenters. The van der Waals surface area contributed by atoms with Crippen LogP contribution in [-0.2, 0) is 13.1 Å². The second kappa shape index (κ2) is 6.83. The third-order valence-electron chi connectivity index (χ3n) is 3.44. The maximum Gasteiger partial charge on any atom is 0.287 e. The molecule has 0 fully saturated rings. The topological polar surface area (TPSA) is 91.0 Å². The van der Waals surface area contributed by atoms with Gasteiger partial charge in [0.25, 0.3) is 5.91 Å². The first kappa shape index (κ1) is 15.7. The summed E-state index contributed by atoms with van der Waals surface area (Å²) >= 11 is 0. The van der Waals surface area contributed by atoms with E-state index >= 15 is 0 Å². The lowest BCUT2D eigenvalue weighted by atomic mass is 10.00. The first-order valence-electron chi connectivity index (χ1n) is 6.95. The van der Waals surface area contributed by atoms with Crippen LogP contribution in [0.3, 0.4) is 0 Å². The molecule has 114 valence electrons. The van der Waals surface area contributed by atoms with Gasteiger partial charge in [0, 0.05) is 11.5 Å². The molecule has 1 aromatic carbocycles. The Labute approximate surface area is 128 Å². The van der Waals surface area contributed by atoms with Crippen molar-refractivity contribution < 1.29 is 9.21 Å². The predicted molar refractivity (Wildman–Crippen MR) is 83.4 cm³/mol. The first-order valence-corrected chi connectivity index (χ1v) is 6.95. The molecule has 1 amide bonds. The van der Waals surface area contributed by atoms with Crippen LogP contribution in [-0.4, -0.2) is 5.91 Å². The monoisotopic (exact) mass is 298 g/mol. The van der Waals surface area contributed by atoms with Crippen LogP contribution in [0.25, 0.3) is 10.4 Å². The van der Waals surface area contributed by atoms with Crippen molar-refractivity contribution in [3.63, 3.8) is 0 Å². The summed E-state index contributed by atoms with van der Waals surface area (Å²) in [7, 11) is 0. The Morgan fingerprint density at radius 1 is 1.27 bits per heavy atom. The molecule has 1 heterocycles. The zero-order valence-electron chi connectivity index (χ0n) is 12.9. The molecule has 6 heteroatoms. The minimum absolute atomic E-state index is 0.0972. The molecular formula is C16H18N4O2. The molecule has 0 spiro atoms. The minimum Gasteiger partial charge on any atom is -0.456 e. The summed E-state index contributed by atoms with van der Waals surface area (Å²) in [6.07, 6.45) is 0. The minimum atomic E-state index is -0.286. The highest BCUT2D eigenvalue weighted by molar-refractivity contribution is 5.91. The number of carbonyl (C=O) groups excluding carboxylic acids is 1. The standard InChI is InChI=1S/C16H18N4O2/c1-10-6-11(2)14(12(3)7-10)9-18-16(21)15-5-4-13(22-15)8-19-20-17/h4-7H,8-9H2,1-3H3,(H,18,21). The molecule has 0 aliphatic carbocycles. The predicted octanol–water partition coefficient (Wildman–Crippen LogP) is 3.95. The van der Waals surface area contributed by atoms with Gasteiger partial charge in [0.2, 0.25) is 0 Å². The van der Waals surface area contributed by atoms with Gasteiger partial charge in [0.05, 0.1) is 6.54 Å². The summed E-state index contributed by atoms with van der Waals surface area (Å²) < 4.78 is 5.34. The van der Waals surface area contributed by atoms with Crippen LogP contribution in [0.2, 0.25) is 0 Å². The van der Waals surface area contributed by atoms with Crippen LogP contribution < -0.4 is 5.32 Å². The van der Waals surface area contributed by atoms with Crippen molar-refractivity contribution in [2.24, 2.45) is 5.11 Å². The van der Waals surface area contributed by atoms with E-state index in [4.69, 9.17) is 9.95 Å². The van der Waals surface area contributed by atoms with Crippen LogP contribution in [0, 0.1) is 20.8 Å². The average Bonchev–Trinajstić information content (AvgIpc) is 2.92. The van der Waals surface area contributed by atoms with E-state index in [1.165, 1.54) is 5.56 Å². The molecule has 0 radical (unpaired) electrons. The number of nitrogens with one attached hydrogen (secondary N) is 1. The van der Waals surface area contributed by atoms with Crippen molar-refractivity contribution in [3.05, 3.63) is 68.5 Å². The third-order valence-corrected chi connectivity index (χ3v) is 3.44. The fraction of sp³-hybridized carbons (Fsp3) is 0.312. The lowest BCUT2D eigenvalue weighted by molar-refractivity contribution is 0.0921. The summed E-state index contributed by atoms with van der Waals surface area (Å²) in [5, 5.41) is 6.24. The number of hydrogen-bond acceptors (Lipinski definition) is 3. The van der Waals surface area contributed by atoms with Crippen molar-refractivity contribution in [2.45, 2.75) is 33.9 Å². The second-order valence-electron chi connectivity index (χ2n) is 5.21. The fourth-order valence-electron chi connectivity index (χ4n) is 2.43. The number of nitrogens with zero attached hydrogens (tertiary/aromatic N) is 3. The van der Waals surface area contributed by atoms with Gasteiger partial charge in [0.1, 0.15) is 5.76 Å². The van der Waals surface area contributed by atoms with Gasteiger partial charge in [0.15, 0.2) is 5.76 Å². The van der Waals surface area contributed by atoms with Crippen LogP contribution >= 0.6 is 0 Å². The molecule has 1 aromatic heterocycles. The molecule has 1 N–H and O–H groups in total. The summed E-state index contributed by atoms with van der Waals surface area (Å²) in [5.74, 6) is 0.391. The summed E-state index contributed by atoms with van der Waals surface area (Å²) in [6, 6.07) is 7.40. The van der Waals surface area contributed by atoms with Crippen molar-refractivity contribution in [1.82, 2.24) is 5.32 Å². The second-order valence-corrected chi connectivity index (χ2v) is 5.21. The maximum absolute atomic E-state index is 12.1. The van der Waals surface area contributed by atoms with Crippen LogP contribution in [0.4, 0.5) is 0 Å². The Morgan fingerprint density at radius 3 is 2.59 bits per heavy atom. The number of furan rings is 1. The van der Waals surface area contributed by atoms with E-state index in [-0.39, 0.29) is 18.2 Å². The number of aryl methyl sites for hydroxylation is 3. The van der Waals surface area contributed by atoms with Gasteiger partial charge in [-0.1, -0.05) is 22.8 Å². The van der Waals surface area contributed by atoms with Gasteiger partial charge in [-0.2, -0.15) is 0 Å². The van der Waals surface area contributed by atoms with E-state index < -0.39 is 0 Å². The van der Waals surface area contributed by atoms with Crippen molar-refractivity contribution in [1.29, 1.82) is 0 Å². The highest BCUT2D eigenvalue weighted by Crippen LogP contribution is 2.16. The number of amides is 1. The normalized spacial score (nSPS) is 10.1. The molecule has 0 aliphatic heterocycles. The molecular weight excluding hydrogens is 280 g/mol. The Kier molecular flexibility index (Phi) is 4.86. The Balaban J connectivity index is 2.04. The largest absolute Gasteiger partial charge is 0.456 e. The molecule has 0 bridgehead atoms. The Bertz CT molecular complexity index is 719. The highest BCUT2D eigenvalue weighted by atomic mass is 16.4. The first-order chi connectivity index (χ1) is 10.5. The SMILES string of the molecule is Cc1cc(C)c(CNC(=O)c2ccc(CN=[N+]=[N-])o2)c(C)c1. The molecule has 2 aromatic rings. The van der Waals surface area contributed by atoms with Crippen LogP contribution in [0.5, 0.6) is 0 Å². The van der Waals surface area contributed by atoms with Gasteiger partial charge in [-0.15, -0.1) is 0 Å². The molecule has 2 rings (SSSR count). The summed E-state index contributed by atoms with van der Waals surface area (Å²) in [6.45, 7) is 6.67. The van der Waals surface area contributed by atoms with Gasteiger partial charge in [-0.25, -0.2) is 0 Å². The zero-order chi connectivity index (χ0) is 16.1. The third kappa shape index (κ3) is 3.68. The fourth-order valence-corrected chi connectivity index (χ4v) is 2.43. The average molecular weight is 298 g/mol. The number of rotatable bonds is 5. The number of azide groups is 1. The van der Waals surface area contributed by atoms with Crippen LogP contribution in [0.1, 0.15) is 38.6 Å². The zero-order valence-corrected chi connectivity index (χ0v) is 12.9. The Hall–Kier alpha value is -2.72. The van der Waals surface area contributed by atoms with E-state index in [1.807, 2.05) is 13.8 Å². The van der Waals surface area contributed by atoms with Crippen LogP contribution in [0.15, 0.2) is 33.8 Å². The molecule has 0 saturated carbocycles. The Morgan fingerprint density at radius 2 is 1.95 bits per heavy atom. The van der Waals surface area contributed by atoms with Crippen molar-refractivity contribution in [2.75, 3.05) is 0 Å². The molecule has 0 saturated heterocycles. The summed E-state index contributed by atoms with van der Waals surface area (Å²) in [4.78, 5) is 14.7. The molecule has 0 aliphatic rings. The van der Waals surface area contributed by atoms with Crippen molar-refractivity contribution in [3.8, 4) is 0 Å². The van der Waals surface area contributed by atoms with Gasteiger partial charge in [-0.05, 0) is 55.1 Å². The number of carbonyl (C=O) groups is 1. The van der Waals surface area contributed by atoms with E-state index in [1.54, 1.807) is 12.1 Å². The molecule has 6 nitrogen and oxygen atoms in total. The van der Waals surface area contributed by atoms with Gasteiger partial charge >= 0.3 is 0 Å². The lowest BCUT2D eigenvalue weighted by Gasteiger charge is -2.11. The summed E-state index contributed by atoms with van der Waals surface area (Å²) in [5.41, 5.74) is 12.9. The van der Waals surface area contributed by atoms with Gasteiger partial charge in [-0.3, -0.25) is 4.79 Å². The van der Waals surface area contributed by atoms with Gasteiger partial charge < -0.3 is 9.73 Å². The highest BCUT2D eigenvalue weighted by Gasteiger charge is 2.12.